The van der Waals surface area contributed by atoms with E-state index in [2.05, 4.69) is 20.1 Å². The van der Waals surface area contributed by atoms with E-state index in [-0.39, 0.29) is 11.8 Å². The lowest BCUT2D eigenvalue weighted by Gasteiger charge is -2.38. The fourth-order valence-electron chi connectivity index (χ4n) is 3.55. The number of amides is 2. The van der Waals surface area contributed by atoms with E-state index in [9.17, 15) is 9.59 Å². The topological polar surface area (TPSA) is 78.0 Å². The highest BCUT2D eigenvalue weighted by Crippen LogP contribution is 2.21. The molecule has 2 aliphatic heterocycles. The van der Waals surface area contributed by atoms with Crippen molar-refractivity contribution in [2.24, 2.45) is 5.41 Å². The van der Waals surface area contributed by atoms with Crippen molar-refractivity contribution in [3.63, 3.8) is 0 Å². The minimum Gasteiger partial charge on any atom is -0.379 e. The molecule has 3 rings (SSSR count). The maximum atomic E-state index is 13.0. The van der Waals surface area contributed by atoms with Crippen molar-refractivity contribution in [1.29, 1.82) is 0 Å². The van der Waals surface area contributed by atoms with Crippen LogP contribution in [0.1, 0.15) is 13.8 Å². The number of hydrogen-bond acceptors (Lipinski definition) is 6. The minimum atomic E-state index is -1.07. The van der Waals surface area contributed by atoms with Gasteiger partial charge >= 0.3 is 0 Å². The monoisotopic (exact) mass is 389 g/mol. The average molecular weight is 390 g/mol. The lowest BCUT2D eigenvalue weighted by molar-refractivity contribution is -0.148. The lowest BCUT2D eigenvalue weighted by Crippen LogP contribution is -2.56. The van der Waals surface area contributed by atoms with Gasteiger partial charge in [-0.05, 0) is 26.0 Å². The molecule has 0 radical (unpaired) electrons. The van der Waals surface area contributed by atoms with Gasteiger partial charge in [0.2, 0.25) is 11.8 Å². The van der Waals surface area contributed by atoms with Crippen molar-refractivity contribution in [3.8, 4) is 0 Å². The Morgan fingerprint density at radius 1 is 1.11 bits per heavy atom. The molecule has 2 fully saturated rings. The van der Waals surface area contributed by atoms with Crippen LogP contribution in [0.15, 0.2) is 24.4 Å². The van der Waals surface area contributed by atoms with Gasteiger partial charge in [-0.15, -0.1) is 0 Å². The molecule has 28 heavy (non-hydrogen) atoms. The van der Waals surface area contributed by atoms with Crippen LogP contribution in [-0.2, 0) is 14.3 Å². The molecule has 1 aromatic heterocycles. The van der Waals surface area contributed by atoms with Crippen LogP contribution in [0, 0.1) is 5.41 Å². The first-order valence-corrected chi connectivity index (χ1v) is 10.0. The third-order valence-corrected chi connectivity index (χ3v) is 5.46. The second-order valence-electron chi connectivity index (χ2n) is 7.80. The summed E-state index contributed by atoms with van der Waals surface area (Å²) in [5.74, 6) is 0.602. The summed E-state index contributed by atoms with van der Waals surface area (Å²) in [6.45, 7) is 10.6. The first-order valence-electron chi connectivity index (χ1n) is 10.0. The van der Waals surface area contributed by atoms with Crippen LogP contribution in [0.4, 0.5) is 5.82 Å². The minimum absolute atomic E-state index is 0.114. The lowest BCUT2D eigenvalue weighted by atomic mass is 9.90. The molecule has 8 heteroatoms. The Morgan fingerprint density at radius 3 is 2.46 bits per heavy atom. The molecule has 2 aliphatic rings. The molecule has 2 amide bonds. The van der Waals surface area contributed by atoms with Crippen molar-refractivity contribution in [3.05, 3.63) is 24.4 Å². The second kappa shape index (κ2) is 9.34. The van der Waals surface area contributed by atoms with Gasteiger partial charge in [0.15, 0.2) is 0 Å². The largest absolute Gasteiger partial charge is 0.379 e. The van der Waals surface area contributed by atoms with Gasteiger partial charge in [0, 0.05) is 58.6 Å². The Bertz CT molecular complexity index is 653. The molecule has 0 aromatic carbocycles. The van der Waals surface area contributed by atoms with Gasteiger partial charge in [-0.1, -0.05) is 6.07 Å². The molecule has 0 unspecified atom stereocenters. The molecular formula is C20H31N5O3. The smallest absolute Gasteiger partial charge is 0.237 e. The highest BCUT2D eigenvalue weighted by atomic mass is 16.5. The third kappa shape index (κ3) is 4.99. The van der Waals surface area contributed by atoms with E-state index in [1.165, 1.54) is 0 Å². The molecule has 0 aliphatic carbocycles. The van der Waals surface area contributed by atoms with Crippen LogP contribution in [0.25, 0.3) is 0 Å². The van der Waals surface area contributed by atoms with E-state index in [0.29, 0.717) is 19.6 Å². The zero-order valence-corrected chi connectivity index (χ0v) is 16.9. The fourth-order valence-corrected chi connectivity index (χ4v) is 3.55. The van der Waals surface area contributed by atoms with E-state index in [1.54, 1.807) is 24.9 Å². The summed E-state index contributed by atoms with van der Waals surface area (Å²) in [4.78, 5) is 36.2. The first kappa shape index (κ1) is 20.5. The van der Waals surface area contributed by atoms with E-state index in [0.717, 1.165) is 51.8 Å². The van der Waals surface area contributed by atoms with Crippen molar-refractivity contribution in [2.45, 2.75) is 13.8 Å². The molecule has 2 saturated heterocycles. The summed E-state index contributed by atoms with van der Waals surface area (Å²) in [5.41, 5.74) is -1.07. The zero-order valence-electron chi connectivity index (χ0n) is 16.9. The molecule has 3 heterocycles. The predicted molar refractivity (Wildman–Crippen MR) is 107 cm³/mol. The van der Waals surface area contributed by atoms with Gasteiger partial charge in [0.25, 0.3) is 0 Å². The van der Waals surface area contributed by atoms with Gasteiger partial charge in [-0.3, -0.25) is 14.5 Å². The van der Waals surface area contributed by atoms with Crippen LogP contribution in [0.2, 0.25) is 0 Å². The maximum absolute atomic E-state index is 13.0. The van der Waals surface area contributed by atoms with Crippen molar-refractivity contribution in [2.75, 3.05) is 70.5 Å². The number of nitrogens with zero attached hydrogens (tertiary/aromatic N) is 4. The summed E-state index contributed by atoms with van der Waals surface area (Å²) in [6.07, 6.45) is 1.78. The molecule has 154 valence electrons. The number of anilines is 1. The highest BCUT2D eigenvalue weighted by molar-refractivity contribution is 6.04. The molecule has 0 spiro atoms. The van der Waals surface area contributed by atoms with Crippen LogP contribution in [0.5, 0.6) is 0 Å². The quantitative estimate of drug-likeness (QED) is 0.701. The van der Waals surface area contributed by atoms with Crippen LogP contribution in [0.3, 0.4) is 0 Å². The Kier molecular flexibility index (Phi) is 6.85. The number of aromatic nitrogens is 1. The number of carbonyl (C=O) groups is 2. The van der Waals surface area contributed by atoms with Crippen molar-refractivity contribution < 1.29 is 14.3 Å². The van der Waals surface area contributed by atoms with Crippen molar-refractivity contribution in [1.82, 2.24) is 20.1 Å². The maximum Gasteiger partial charge on any atom is 0.237 e. The van der Waals surface area contributed by atoms with E-state index in [4.69, 9.17) is 4.74 Å². The molecule has 0 atom stereocenters. The highest BCUT2D eigenvalue weighted by Gasteiger charge is 2.40. The van der Waals surface area contributed by atoms with Gasteiger partial charge in [0.1, 0.15) is 11.2 Å². The van der Waals surface area contributed by atoms with Crippen LogP contribution in [-0.4, -0.2) is 92.2 Å². The Hall–Kier alpha value is -2.19. The summed E-state index contributed by atoms with van der Waals surface area (Å²) >= 11 is 0. The zero-order chi connectivity index (χ0) is 20.0. The summed E-state index contributed by atoms with van der Waals surface area (Å²) in [5, 5.41) is 2.94. The second-order valence-corrected chi connectivity index (χ2v) is 7.80. The number of ether oxygens (including phenoxy) is 1. The van der Waals surface area contributed by atoms with E-state index in [1.807, 2.05) is 18.2 Å². The fraction of sp³-hybridized carbons (Fsp3) is 0.650. The average Bonchev–Trinajstić information content (AvgIpc) is 2.74. The van der Waals surface area contributed by atoms with Crippen LogP contribution >= 0.6 is 0 Å². The standard InChI is InChI=1S/C20H31N5O3/c1-20(2,18(26)22-7-8-23-13-15-28-16-14-23)19(27)25-11-9-24(10-12-25)17-5-3-4-6-21-17/h3-6H,7-16H2,1-2H3,(H,22,26). The molecule has 0 saturated carbocycles. The van der Waals surface area contributed by atoms with Gasteiger partial charge in [0.05, 0.1) is 13.2 Å². The van der Waals surface area contributed by atoms with Gasteiger partial charge < -0.3 is 19.9 Å². The first-order chi connectivity index (χ1) is 13.5. The molecule has 1 aromatic rings. The summed E-state index contributed by atoms with van der Waals surface area (Å²) in [6, 6.07) is 5.83. The van der Waals surface area contributed by atoms with Crippen molar-refractivity contribution >= 4 is 17.6 Å². The molecule has 8 nitrogen and oxygen atoms in total. The van der Waals surface area contributed by atoms with E-state index >= 15 is 0 Å². The third-order valence-electron chi connectivity index (χ3n) is 5.46. The summed E-state index contributed by atoms with van der Waals surface area (Å²) in [7, 11) is 0. The number of morpholine rings is 1. The number of carbonyl (C=O) groups excluding carboxylic acids is 2. The van der Waals surface area contributed by atoms with E-state index < -0.39 is 5.41 Å². The Labute approximate surface area is 166 Å². The Balaban J connectivity index is 1.46. The number of hydrogen-bond donors (Lipinski definition) is 1. The number of piperazine rings is 1. The molecule has 0 bridgehead atoms. The molecular weight excluding hydrogens is 358 g/mol. The predicted octanol–water partition coefficient (Wildman–Crippen LogP) is 0.205. The summed E-state index contributed by atoms with van der Waals surface area (Å²) < 4.78 is 5.33. The van der Waals surface area contributed by atoms with Gasteiger partial charge in [-0.25, -0.2) is 4.98 Å². The molecule has 1 N–H and O–H groups in total. The van der Waals surface area contributed by atoms with Crippen LogP contribution < -0.4 is 10.2 Å². The van der Waals surface area contributed by atoms with Gasteiger partial charge in [-0.2, -0.15) is 0 Å². The normalized spacial score (nSPS) is 18.8. The number of rotatable bonds is 6. The number of nitrogens with one attached hydrogen (secondary N) is 1. The SMILES string of the molecule is CC(C)(C(=O)NCCN1CCOCC1)C(=O)N1CCN(c2ccccn2)CC1. The Morgan fingerprint density at radius 2 is 1.82 bits per heavy atom. The number of pyridine rings is 1.